The summed E-state index contributed by atoms with van der Waals surface area (Å²) < 4.78 is 61.7. The SMILES string of the molecule is N[C@H](c1c(O)cc(F)cc1F)C(F)(F)F. The topological polar surface area (TPSA) is 46.2 Å². The fourth-order valence-corrected chi connectivity index (χ4v) is 1.04. The highest BCUT2D eigenvalue weighted by molar-refractivity contribution is 5.37. The van der Waals surface area contributed by atoms with Crippen LogP contribution in [-0.4, -0.2) is 11.3 Å². The van der Waals surface area contributed by atoms with Crippen LogP contribution in [0.25, 0.3) is 0 Å². The minimum atomic E-state index is -4.91. The van der Waals surface area contributed by atoms with Crippen LogP contribution < -0.4 is 5.73 Å². The molecule has 1 aromatic carbocycles. The molecule has 15 heavy (non-hydrogen) atoms. The fraction of sp³-hybridized carbons (Fsp3) is 0.250. The van der Waals surface area contributed by atoms with Crippen molar-refractivity contribution in [3.8, 4) is 5.75 Å². The van der Waals surface area contributed by atoms with Crippen LogP contribution in [0.5, 0.6) is 5.75 Å². The van der Waals surface area contributed by atoms with E-state index in [1.165, 1.54) is 0 Å². The average molecular weight is 227 g/mol. The van der Waals surface area contributed by atoms with Gasteiger partial charge in [0, 0.05) is 12.1 Å². The predicted octanol–water partition coefficient (Wildman–Crippen LogP) is 2.23. The number of nitrogens with two attached hydrogens (primary N) is 1. The van der Waals surface area contributed by atoms with Crippen LogP contribution in [0.4, 0.5) is 22.0 Å². The zero-order chi connectivity index (χ0) is 11.8. The van der Waals surface area contributed by atoms with Gasteiger partial charge in [-0.1, -0.05) is 0 Å². The summed E-state index contributed by atoms with van der Waals surface area (Å²) in [7, 11) is 0. The predicted molar refractivity (Wildman–Crippen MR) is 41.0 cm³/mol. The molecule has 0 saturated heterocycles. The van der Waals surface area contributed by atoms with Gasteiger partial charge in [-0.2, -0.15) is 13.2 Å². The number of halogens is 5. The molecule has 0 aliphatic heterocycles. The Hall–Kier alpha value is -1.37. The maximum Gasteiger partial charge on any atom is 0.407 e. The van der Waals surface area contributed by atoms with Crippen LogP contribution in [0, 0.1) is 11.6 Å². The highest BCUT2D eigenvalue weighted by Gasteiger charge is 2.41. The molecular formula is C8H6F5NO. The van der Waals surface area contributed by atoms with Gasteiger partial charge in [-0.25, -0.2) is 8.78 Å². The number of aromatic hydroxyl groups is 1. The molecule has 1 atom stereocenters. The summed E-state index contributed by atoms with van der Waals surface area (Å²) in [6, 6.07) is -2.09. The summed E-state index contributed by atoms with van der Waals surface area (Å²) >= 11 is 0. The molecule has 84 valence electrons. The van der Waals surface area contributed by atoms with Crippen LogP contribution in [-0.2, 0) is 0 Å². The third-order valence-electron chi connectivity index (χ3n) is 1.74. The Morgan fingerprint density at radius 1 is 1.20 bits per heavy atom. The highest BCUT2D eigenvalue weighted by atomic mass is 19.4. The third kappa shape index (κ3) is 2.35. The summed E-state index contributed by atoms with van der Waals surface area (Å²) in [6.07, 6.45) is -4.91. The van der Waals surface area contributed by atoms with Gasteiger partial charge < -0.3 is 10.8 Å². The molecule has 0 unspecified atom stereocenters. The summed E-state index contributed by atoms with van der Waals surface area (Å²) in [4.78, 5) is 0. The van der Waals surface area contributed by atoms with Gasteiger partial charge in [0.2, 0.25) is 0 Å². The molecule has 0 fully saturated rings. The second-order valence-electron chi connectivity index (χ2n) is 2.84. The normalized spacial score (nSPS) is 14.0. The van der Waals surface area contributed by atoms with E-state index >= 15 is 0 Å². The molecule has 1 rings (SSSR count). The van der Waals surface area contributed by atoms with Crippen molar-refractivity contribution in [2.45, 2.75) is 12.2 Å². The largest absolute Gasteiger partial charge is 0.507 e. The van der Waals surface area contributed by atoms with Gasteiger partial charge in [-0.05, 0) is 0 Å². The number of benzene rings is 1. The molecule has 0 bridgehead atoms. The van der Waals surface area contributed by atoms with Crippen molar-refractivity contribution in [1.82, 2.24) is 0 Å². The molecule has 0 spiro atoms. The maximum atomic E-state index is 12.9. The van der Waals surface area contributed by atoms with Gasteiger partial charge in [0.05, 0.1) is 5.56 Å². The van der Waals surface area contributed by atoms with Crippen LogP contribution in [0.15, 0.2) is 12.1 Å². The summed E-state index contributed by atoms with van der Waals surface area (Å²) in [5.74, 6) is -3.86. The van der Waals surface area contributed by atoms with E-state index in [-0.39, 0.29) is 6.07 Å². The zero-order valence-electron chi connectivity index (χ0n) is 7.15. The average Bonchev–Trinajstić information content (AvgIpc) is 1.99. The lowest BCUT2D eigenvalue weighted by molar-refractivity contribution is -0.150. The number of hydrogen-bond acceptors (Lipinski definition) is 2. The van der Waals surface area contributed by atoms with Gasteiger partial charge in [0.25, 0.3) is 0 Å². The minimum Gasteiger partial charge on any atom is -0.507 e. The maximum absolute atomic E-state index is 12.9. The Balaban J connectivity index is 3.26. The Kier molecular flexibility index (Phi) is 2.85. The zero-order valence-corrected chi connectivity index (χ0v) is 7.15. The Labute approximate surface area is 81.1 Å². The quantitative estimate of drug-likeness (QED) is 0.722. The van der Waals surface area contributed by atoms with Crippen molar-refractivity contribution in [2.24, 2.45) is 5.73 Å². The van der Waals surface area contributed by atoms with E-state index in [2.05, 4.69) is 5.73 Å². The van der Waals surface area contributed by atoms with Crippen LogP contribution in [0.2, 0.25) is 0 Å². The first-order valence-electron chi connectivity index (χ1n) is 3.73. The molecule has 0 radical (unpaired) electrons. The van der Waals surface area contributed by atoms with Crippen molar-refractivity contribution in [3.63, 3.8) is 0 Å². The molecule has 0 amide bonds. The number of rotatable bonds is 1. The van der Waals surface area contributed by atoms with Crippen molar-refractivity contribution < 1.29 is 27.1 Å². The molecule has 0 aliphatic rings. The third-order valence-corrected chi connectivity index (χ3v) is 1.74. The number of alkyl halides is 3. The molecule has 0 aromatic heterocycles. The van der Waals surface area contributed by atoms with Gasteiger partial charge in [0.15, 0.2) is 0 Å². The van der Waals surface area contributed by atoms with E-state index in [1.54, 1.807) is 0 Å². The first-order chi connectivity index (χ1) is 6.73. The summed E-state index contributed by atoms with van der Waals surface area (Å²) in [5.41, 5.74) is 3.51. The molecule has 0 saturated carbocycles. The van der Waals surface area contributed by atoms with Gasteiger partial charge in [-0.3, -0.25) is 0 Å². The second kappa shape index (κ2) is 3.65. The summed E-state index contributed by atoms with van der Waals surface area (Å²) in [6.45, 7) is 0. The molecular weight excluding hydrogens is 221 g/mol. The smallest absolute Gasteiger partial charge is 0.407 e. The number of hydrogen-bond donors (Lipinski definition) is 2. The lowest BCUT2D eigenvalue weighted by Gasteiger charge is -2.17. The minimum absolute atomic E-state index is 0.223. The molecule has 0 aliphatic carbocycles. The Morgan fingerprint density at radius 3 is 2.13 bits per heavy atom. The lowest BCUT2D eigenvalue weighted by atomic mass is 10.1. The van der Waals surface area contributed by atoms with Crippen molar-refractivity contribution in [1.29, 1.82) is 0 Å². The summed E-state index contributed by atoms with van der Waals surface area (Å²) in [5, 5.41) is 8.95. The van der Waals surface area contributed by atoms with Crippen LogP contribution in [0.3, 0.4) is 0 Å². The van der Waals surface area contributed by atoms with E-state index in [0.717, 1.165) is 0 Å². The van der Waals surface area contributed by atoms with E-state index in [9.17, 15) is 22.0 Å². The van der Waals surface area contributed by atoms with E-state index in [1.807, 2.05) is 0 Å². The molecule has 1 aromatic rings. The Bertz CT molecular complexity index is 353. The molecule has 7 heteroatoms. The van der Waals surface area contributed by atoms with Gasteiger partial charge >= 0.3 is 6.18 Å². The van der Waals surface area contributed by atoms with Crippen molar-refractivity contribution in [2.75, 3.05) is 0 Å². The monoisotopic (exact) mass is 227 g/mol. The van der Waals surface area contributed by atoms with Crippen molar-refractivity contribution in [3.05, 3.63) is 29.3 Å². The number of phenolic OH excluding ortho intramolecular Hbond substituents is 1. The second-order valence-corrected chi connectivity index (χ2v) is 2.84. The van der Waals surface area contributed by atoms with Crippen molar-refractivity contribution >= 4 is 0 Å². The van der Waals surface area contributed by atoms with Gasteiger partial charge in [-0.15, -0.1) is 0 Å². The number of phenols is 1. The highest BCUT2D eigenvalue weighted by Crippen LogP contribution is 2.36. The standard InChI is InChI=1S/C8H6F5NO/c9-3-1-4(10)6(5(15)2-3)7(14)8(11,12)13/h1-2,7,15H,14H2/t7-/m1/s1. The van der Waals surface area contributed by atoms with E-state index in [0.29, 0.717) is 6.07 Å². The van der Waals surface area contributed by atoms with E-state index in [4.69, 9.17) is 5.11 Å². The van der Waals surface area contributed by atoms with E-state index < -0.39 is 35.2 Å². The molecule has 3 N–H and O–H groups in total. The first-order valence-corrected chi connectivity index (χ1v) is 3.73. The van der Waals surface area contributed by atoms with Gasteiger partial charge in [0.1, 0.15) is 23.4 Å². The lowest BCUT2D eigenvalue weighted by Crippen LogP contribution is -2.29. The van der Waals surface area contributed by atoms with Crippen LogP contribution in [0.1, 0.15) is 11.6 Å². The Morgan fingerprint density at radius 2 is 1.73 bits per heavy atom. The van der Waals surface area contributed by atoms with Crippen LogP contribution >= 0.6 is 0 Å². The first kappa shape index (κ1) is 11.7. The fourth-order valence-electron chi connectivity index (χ4n) is 1.04. The molecule has 2 nitrogen and oxygen atoms in total. The molecule has 0 heterocycles.